The first kappa shape index (κ1) is 16.3. The second kappa shape index (κ2) is 5.62. The van der Waals surface area contributed by atoms with Crippen molar-refractivity contribution in [3.63, 3.8) is 0 Å². The van der Waals surface area contributed by atoms with Crippen LogP contribution in [0.2, 0.25) is 0 Å². The fourth-order valence-corrected chi connectivity index (χ4v) is 4.50. The van der Waals surface area contributed by atoms with Crippen molar-refractivity contribution in [3.05, 3.63) is 0 Å². The van der Waals surface area contributed by atoms with E-state index >= 15 is 0 Å². The number of esters is 2. The van der Waals surface area contributed by atoms with Crippen molar-refractivity contribution in [2.24, 2.45) is 28.6 Å². The maximum absolute atomic E-state index is 12.5. The Kier molecular flexibility index (Phi) is 4.36. The van der Waals surface area contributed by atoms with E-state index in [0.29, 0.717) is 31.5 Å². The molecule has 0 aromatic carbocycles. The summed E-state index contributed by atoms with van der Waals surface area (Å²) in [5.74, 6) is 0.319. The summed E-state index contributed by atoms with van der Waals surface area (Å²) in [5.41, 5.74) is -0.826. The molecule has 0 saturated heterocycles. The highest BCUT2D eigenvalue weighted by atomic mass is 16.6. The molecule has 0 heterocycles. The van der Waals surface area contributed by atoms with E-state index in [0.717, 1.165) is 12.8 Å². The Hall–Kier alpha value is -1.06. The highest BCUT2D eigenvalue weighted by Gasteiger charge is 2.65. The fraction of sp³-hybridized carbons (Fsp3) is 0.882. The Bertz CT molecular complexity index is 403. The van der Waals surface area contributed by atoms with Crippen LogP contribution < -0.4 is 0 Å². The van der Waals surface area contributed by atoms with Gasteiger partial charge in [0, 0.05) is 0 Å². The Morgan fingerprint density at radius 1 is 1.05 bits per heavy atom. The third-order valence-electron chi connectivity index (χ3n) is 5.37. The summed E-state index contributed by atoms with van der Waals surface area (Å²) in [4.78, 5) is 25.0. The largest absolute Gasteiger partial charge is 0.465 e. The van der Waals surface area contributed by atoms with Gasteiger partial charge in [-0.3, -0.25) is 9.59 Å². The molecule has 0 aromatic heterocycles. The lowest BCUT2D eigenvalue weighted by Gasteiger charge is -2.40. The van der Waals surface area contributed by atoms with Gasteiger partial charge in [0.15, 0.2) is 5.41 Å². The predicted octanol–water partition coefficient (Wildman–Crippen LogP) is 3.19. The normalized spacial score (nSPS) is 30.2. The molecule has 2 bridgehead atoms. The van der Waals surface area contributed by atoms with Crippen LogP contribution in [0.5, 0.6) is 0 Å². The van der Waals surface area contributed by atoms with E-state index < -0.39 is 5.41 Å². The van der Waals surface area contributed by atoms with Crippen LogP contribution in [-0.4, -0.2) is 25.2 Å². The Morgan fingerprint density at radius 3 is 1.90 bits per heavy atom. The molecule has 0 radical (unpaired) electrons. The van der Waals surface area contributed by atoms with Crippen LogP contribution in [0.15, 0.2) is 0 Å². The molecule has 21 heavy (non-hydrogen) atoms. The summed E-state index contributed by atoms with van der Waals surface area (Å²) < 4.78 is 10.5. The maximum Gasteiger partial charge on any atom is 0.323 e. The van der Waals surface area contributed by atoms with Crippen LogP contribution in [0.1, 0.15) is 53.9 Å². The minimum Gasteiger partial charge on any atom is -0.465 e. The molecule has 0 N–H and O–H groups in total. The molecule has 4 heteroatoms. The Morgan fingerprint density at radius 2 is 1.57 bits per heavy atom. The molecule has 3 atom stereocenters. The first-order valence-electron chi connectivity index (χ1n) is 8.11. The van der Waals surface area contributed by atoms with Gasteiger partial charge in [0.05, 0.1) is 13.2 Å². The first-order valence-corrected chi connectivity index (χ1v) is 8.11. The zero-order valence-corrected chi connectivity index (χ0v) is 13.9. The van der Waals surface area contributed by atoms with Crippen molar-refractivity contribution < 1.29 is 19.1 Å². The molecule has 2 aliphatic carbocycles. The number of hydrogen-bond donors (Lipinski definition) is 0. The molecular formula is C17H28O4. The number of rotatable bonds is 4. The molecule has 2 rings (SSSR count). The summed E-state index contributed by atoms with van der Waals surface area (Å²) in [6.07, 6.45) is 2.46. The SMILES string of the molecule is CCOC(=O)C1(C(=O)OCC)CC2CC1CC2C(C)(C)C. The van der Waals surface area contributed by atoms with E-state index in [-0.39, 0.29) is 23.3 Å². The first-order chi connectivity index (χ1) is 9.77. The maximum atomic E-state index is 12.5. The van der Waals surface area contributed by atoms with Gasteiger partial charge in [0.25, 0.3) is 0 Å². The van der Waals surface area contributed by atoms with E-state index in [1.807, 2.05) is 0 Å². The second-order valence-electron chi connectivity index (χ2n) is 7.52. The van der Waals surface area contributed by atoms with Gasteiger partial charge in [-0.2, -0.15) is 0 Å². The lowest BCUT2D eigenvalue weighted by atomic mass is 9.64. The summed E-state index contributed by atoms with van der Waals surface area (Å²) in [7, 11) is 0. The minimum absolute atomic E-state index is 0.0739. The predicted molar refractivity (Wildman–Crippen MR) is 79.5 cm³/mol. The summed E-state index contributed by atoms with van der Waals surface area (Å²) in [5, 5.41) is 0. The molecule has 0 aliphatic heterocycles. The molecule has 2 aliphatic rings. The van der Waals surface area contributed by atoms with Crippen LogP contribution >= 0.6 is 0 Å². The number of fused-ring (bicyclic) bond motifs is 2. The average Bonchev–Trinajstić information content (AvgIpc) is 2.96. The standard InChI is InChI=1S/C17H28O4/c1-6-20-14(18)17(15(19)21-7-2)10-11-8-12(17)9-13(11)16(3,4)5/h11-13H,6-10H2,1-5H3. The number of carbonyl (C=O) groups is 2. The van der Waals surface area contributed by atoms with Crippen LogP contribution in [0, 0.1) is 28.6 Å². The summed E-state index contributed by atoms with van der Waals surface area (Å²) in [6, 6.07) is 0. The van der Waals surface area contributed by atoms with E-state index in [4.69, 9.17) is 9.47 Å². The fourth-order valence-electron chi connectivity index (χ4n) is 4.50. The lowest BCUT2D eigenvalue weighted by molar-refractivity contribution is -0.177. The summed E-state index contributed by atoms with van der Waals surface area (Å²) >= 11 is 0. The molecule has 2 fully saturated rings. The minimum atomic E-state index is -1.04. The molecule has 3 unspecified atom stereocenters. The van der Waals surface area contributed by atoms with Crippen LogP contribution in [0.4, 0.5) is 0 Å². The van der Waals surface area contributed by atoms with E-state index in [2.05, 4.69) is 20.8 Å². The topological polar surface area (TPSA) is 52.6 Å². The second-order valence-corrected chi connectivity index (χ2v) is 7.52. The van der Waals surface area contributed by atoms with Gasteiger partial charge >= 0.3 is 11.9 Å². The zero-order valence-electron chi connectivity index (χ0n) is 13.9. The quantitative estimate of drug-likeness (QED) is 0.590. The monoisotopic (exact) mass is 296 g/mol. The van der Waals surface area contributed by atoms with Gasteiger partial charge < -0.3 is 9.47 Å². The van der Waals surface area contributed by atoms with E-state index in [9.17, 15) is 9.59 Å². The Balaban J connectivity index is 2.26. The van der Waals surface area contributed by atoms with Crippen LogP contribution in [0.25, 0.3) is 0 Å². The molecule has 4 nitrogen and oxygen atoms in total. The van der Waals surface area contributed by atoms with Gasteiger partial charge in [0.1, 0.15) is 0 Å². The number of carbonyl (C=O) groups excluding carboxylic acids is 2. The van der Waals surface area contributed by atoms with Crippen molar-refractivity contribution >= 4 is 11.9 Å². The van der Waals surface area contributed by atoms with Crippen LogP contribution in [0.3, 0.4) is 0 Å². The van der Waals surface area contributed by atoms with Crippen molar-refractivity contribution in [1.82, 2.24) is 0 Å². The van der Waals surface area contributed by atoms with Crippen molar-refractivity contribution in [2.45, 2.75) is 53.9 Å². The molecule has 0 aromatic rings. The van der Waals surface area contributed by atoms with E-state index in [1.54, 1.807) is 13.8 Å². The number of hydrogen-bond acceptors (Lipinski definition) is 4. The molecule has 2 saturated carbocycles. The van der Waals surface area contributed by atoms with Crippen molar-refractivity contribution in [2.75, 3.05) is 13.2 Å². The van der Waals surface area contributed by atoms with Gasteiger partial charge in [-0.15, -0.1) is 0 Å². The summed E-state index contributed by atoms with van der Waals surface area (Å²) in [6.45, 7) is 10.9. The molecular weight excluding hydrogens is 268 g/mol. The highest BCUT2D eigenvalue weighted by Crippen LogP contribution is 2.62. The smallest absolute Gasteiger partial charge is 0.323 e. The van der Waals surface area contributed by atoms with Gasteiger partial charge in [-0.1, -0.05) is 20.8 Å². The van der Waals surface area contributed by atoms with Crippen LogP contribution in [-0.2, 0) is 19.1 Å². The van der Waals surface area contributed by atoms with Crippen molar-refractivity contribution in [3.8, 4) is 0 Å². The third kappa shape index (κ3) is 2.58. The molecule has 120 valence electrons. The number of ether oxygens (including phenoxy) is 2. The van der Waals surface area contributed by atoms with Gasteiger partial charge in [-0.05, 0) is 56.3 Å². The van der Waals surface area contributed by atoms with Crippen molar-refractivity contribution in [1.29, 1.82) is 0 Å². The molecule has 0 amide bonds. The van der Waals surface area contributed by atoms with E-state index in [1.165, 1.54) is 0 Å². The third-order valence-corrected chi connectivity index (χ3v) is 5.37. The van der Waals surface area contributed by atoms with Gasteiger partial charge in [-0.25, -0.2) is 0 Å². The lowest BCUT2D eigenvalue weighted by Crippen LogP contribution is -2.48. The highest BCUT2D eigenvalue weighted by molar-refractivity contribution is 6.01. The average molecular weight is 296 g/mol. The molecule has 0 spiro atoms. The Labute approximate surface area is 127 Å². The zero-order chi connectivity index (χ0) is 15.8. The van der Waals surface area contributed by atoms with Gasteiger partial charge in [0.2, 0.25) is 0 Å².